The minimum atomic E-state index is -0.0387. The number of hydrogen-bond acceptors (Lipinski definition) is 3. The summed E-state index contributed by atoms with van der Waals surface area (Å²) in [4.78, 5) is 14.5. The van der Waals surface area contributed by atoms with E-state index in [0.29, 0.717) is 18.2 Å². The number of hydrogen-bond donors (Lipinski definition) is 1. The van der Waals surface area contributed by atoms with Crippen LogP contribution in [-0.4, -0.2) is 29.9 Å². The highest BCUT2D eigenvalue weighted by Gasteiger charge is 2.32. The van der Waals surface area contributed by atoms with E-state index in [4.69, 9.17) is 10.2 Å². The number of benzene rings is 1. The molecule has 2 aromatic rings. The van der Waals surface area contributed by atoms with Crippen LogP contribution >= 0.6 is 0 Å². The minimum Gasteiger partial charge on any atom is -0.451 e. The SMILES string of the molecule is CC1CCCN(C(=O)c2cc3ccccc3o2)C1CN. The monoisotopic (exact) mass is 272 g/mol. The molecule has 0 radical (unpaired) electrons. The quantitative estimate of drug-likeness (QED) is 0.914. The Kier molecular flexibility index (Phi) is 3.49. The number of likely N-dealkylation sites (tertiary alicyclic amines) is 1. The molecule has 2 N–H and O–H groups in total. The van der Waals surface area contributed by atoms with E-state index in [0.717, 1.165) is 30.4 Å². The van der Waals surface area contributed by atoms with Gasteiger partial charge in [-0.15, -0.1) is 0 Å². The van der Waals surface area contributed by atoms with Crippen LogP contribution in [0.25, 0.3) is 11.0 Å². The summed E-state index contributed by atoms with van der Waals surface area (Å²) in [5.41, 5.74) is 6.61. The fraction of sp³-hybridized carbons (Fsp3) is 0.438. The topological polar surface area (TPSA) is 59.5 Å². The zero-order valence-corrected chi connectivity index (χ0v) is 11.7. The summed E-state index contributed by atoms with van der Waals surface area (Å²) in [6, 6.07) is 9.62. The first-order chi connectivity index (χ1) is 9.70. The lowest BCUT2D eigenvalue weighted by molar-refractivity contribution is 0.0503. The van der Waals surface area contributed by atoms with Gasteiger partial charge in [-0.1, -0.05) is 25.1 Å². The number of para-hydroxylation sites is 1. The van der Waals surface area contributed by atoms with Crippen molar-refractivity contribution in [3.63, 3.8) is 0 Å². The standard InChI is InChI=1S/C16H20N2O2/c1-11-5-4-8-18(13(11)10-17)16(19)15-9-12-6-2-3-7-14(12)20-15/h2-3,6-7,9,11,13H,4-5,8,10,17H2,1H3. The van der Waals surface area contributed by atoms with E-state index in [1.807, 2.05) is 35.2 Å². The second-order valence-electron chi connectivity index (χ2n) is 5.57. The number of fused-ring (bicyclic) bond motifs is 1. The predicted octanol–water partition coefficient (Wildman–Crippen LogP) is 2.63. The van der Waals surface area contributed by atoms with Crippen molar-refractivity contribution >= 4 is 16.9 Å². The third-order valence-electron chi connectivity index (χ3n) is 4.25. The molecule has 2 unspecified atom stereocenters. The fourth-order valence-electron chi connectivity index (χ4n) is 3.09. The highest BCUT2D eigenvalue weighted by atomic mass is 16.3. The van der Waals surface area contributed by atoms with Gasteiger partial charge in [-0.05, 0) is 30.9 Å². The Morgan fingerprint density at radius 2 is 2.25 bits per heavy atom. The Labute approximate surface area is 118 Å². The second-order valence-corrected chi connectivity index (χ2v) is 5.57. The highest BCUT2D eigenvalue weighted by molar-refractivity contribution is 5.96. The Balaban J connectivity index is 1.90. The molecule has 0 aliphatic carbocycles. The molecule has 1 aromatic carbocycles. The van der Waals surface area contributed by atoms with Gasteiger partial charge in [0.15, 0.2) is 5.76 Å². The zero-order valence-electron chi connectivity index (χ0n) is 11.7. The van der Waals surface area contributed by atoms with Gasteiger partial charge in [0.2, 0.25) is 0 Å². The van der Waals surface area contributed by atoms with Crippen LogP contribution < -0.4 is 5.73 Å². The van der Waals surface area contributed by atoms with E-state index in [-0.39, 0.29) is 11.9 Å². The molecule has 1 saturated heterocycles. The number of carbonyl (C=O) groups excluding carboxylic acids is 1. The normalized spacial score (nSPS) is 23.2. The van der Waals surface area contributed by atoms with E-state index in [2.05, 4.69) is 6.92 Å². The van der Waals surface area contributed by atoms with Crippen LogP contribution in [0.2, 0.25) is 0 Å². The van der Waals surface area contributed by atoms with Gasteiger partial charge < -0.3 is 15.1 Å². The van der Waals surface area contributed by atoms with Crippen molar-refractivity contribution in [1.82, 2.24) is 4.90 Å². The molecule has 3 rings (SSSR count). The Morgan fingerprint density at radius 3 is 3.00 bits per heavy atom. The van der Waals surface area contributed by atoms with E-state index in [1.165, 1.54) is 0 Å². The number of carbonyl (C=O) groups is 1. The van der Waals surface area contributed by atoms with E-state index >= 15 is 0 Å². The number of piperidine rings is 1. The molecule has 20 heavy (non-hydrogen) atoms. The third kappa shape index (κ3) is 2.20. The molecule has 1 amide bonds. The average Bonchev–Trinajstić information content (AvgIpc) is 2.90. The minimum absolute atomic E-state index is 0.0387. The van der Waals surface area contributed by atoms with Crippen LogP contribution in [-0.2, 0) is 0 Å². The van der Waals surface area contributed by atoms with Gasteiger partial charge in [0.05, 0.1) is 0 Å². The molecule has 0 bridgehead atoms. The van der Waals surface area contributed by atoms with Crippen molar-refractivity contribution in [2.24, 2.45) is 11.7 Å². The van der Waals surface area contributed by atoms with Crippen molar-refractivity contribution in [2.45, 2.75) is 25.8 Å². The van der Waals surface area contributed by atoms with Crippen molar-refractivity contribution in [2.75, 3.05) is 13.1 Å². The van der Waals surface area contributed by atoms with Crippen LogP contribution in [0.4, 0.5) is 0 Å². The third-order valence-corrected chi connectivity index (χ3v) is 4.25. The summed E-state index contributed by atoms with van der Waals surface area (Å²) in [5.74, 6) is 0.823. The van der Waals surface area contributed by atoms with Gasteiger partial charge in [-0.25, -0.2) is 0 Å². The zero-order chi connectivity index (χ0) is 14.1. The number of rotatable bonds is 2. The molecule has 1 aliphatic heterocycles. The first kappa shape index (κ1) is 13.2. The maximum Gasteiger partial charge on any atom is 0.289 e. The molecular weight excluding hydrogens is 252 g/mol. The number of furan rings is 1. The smallest absolute Gasteiger partial charge is 0.289 e. The number of nitrogens with zero attached hydrogens (tertiary/aromatic N) is 1. The maximum absolute atomic E-state index is 12.7. The van der Waals surface area contributed by atoms with Gasteiger partial charge in [0.25, 0.3) is 5.91 Å². The van der Waals surface area contributed by atoms with Crippen molar-refractivity contribution in [1.29, 1.82) is 0 Å². The van der Waals surface area contributed by atoms with E-state index in [1.54, 1.807) is 0 Å². The van der Waals surface area contributed by atoms with Gasteiger partial charge in [0.1, 0.15) is 5.58 Å². The second kappa shape index (κ2) is 5.29. The molecule has 0 spiro atoms. The summed E-state index contributed by atoms with van der Waals surface area (Å²) in [6.45, 7) is 3.44. The van der Waals surface area contributed by atoms with Crippen molar-refractivity contribution in [3.05, 3.63) is 36.1 Å². The van der Waals surface area contributed by atoms with Gasteiger partial charge in [-0.2, -0.15) is 0 Å². The van der Waals surface area contributed by atoms with E-state index in [9.17, 15) is 4.79 Å². The lowest BCUT2D eigenvalue weighted by Crippen LogP contribution is -2.51. The van der Waals surface area contributed by atoms with Crippen molar-refractivity contribution < 1.29 is 9.21 Å². The average molecular weight is 272 g/mol. The van der Waals surface area contributed by atoms with Gasteiger partial charge in [-0.3, -0.25) is 4.79 Å². The molecular formula is C16H20N2O2. The number of amides is 1. The molecule has 0 saturated carbocycles. The summed E-state index contributed by atoms with van der Waals surface area (Å²) in [5, 5.41) is 0.963. The largest absolute Gasteiger partial charge is 0.451 e. The summed E-state index contributed by atoms with van der Waals surface area (Å²) < 4.78 is 5.68. The van der Waals surface area contributed by atoms with Gasteiger partial charge >= 0.3 is 0 Å². The van der Waals surface area contributed by atoms with E-state index < -0.39 is 0 Å². The predicted molar refractivity (Wildman–Crippen MR) is 78.5 cm³/mol. The first-order valence-corrected chi connectivity index (χ1v) is 7.20. The Morgan fingerprint density at radius 1 is 1.45 bits per heavy atom. The molecule has 2 atom stereocenters. The molecule has 1 aliphatic rings. The summed E-state index contributed by atoms with van der Waals surface area (Å²) in [6.07, 6.45) is 2.16. The van der Waals surface area contributed by atoms with Crippen LogP contribution in [0.1, 0.15) is 30.3 Å². The molecule has 106 valence electrons. The molecule has 1 fully saturated rings. The van der Waals surface area contributed by atoms with Crippen LogP contribution in [0.15, 0.2) is 34.7 Å². The van der Waals surface area contributed by atoms with Crippen LogP contribution in [0.5, 0.6) is 0 Å². The lowest BCUT2D eigenvalue weighted by atomic mass is 9.90. The fourth-order valence-corrected chi connectivity index (χ4v) is 3.09. The Bertz CT molecular complexity index is 587. The van der Waals surface area contributed by atoms with Gasteiger partial charge in [0, 0.05) is 24.5 Å². The first-order valence-electron chi connectivity index (χ1n) is 7.20. The lowest BCUT2D eigenvalue weighted by Gasteiger charge is -2.38. The van der Waals surface area contributed by atoms with Crippen LogP contribution in [0, 0.1) is 5.92 Å². The summed E-state index contributed by atoms with van der Waals surface area (Å²) in [7, 11) is 0. The number of nitrogens with two attached hydrogens (primary N) is 1. The molecule has 2 heterocycles. The maximum atomic E-state index is 12.7. The molecule has 4 heteroatoms. The highest BCUT2D eigenvalue weighted by Crippen LogP contribution is 2.26. The molecule has 4 nitrogen and oxygen atoms in total. The summed E-state index contributed by atoms with van der Waals surface area (Å²) >= 11 is 0. The van der Waals surface area contributed by atoms with Crippen LogP contribution in [0.3, 0.4) is 0 Å². The molecule has 1 aromatic heterocycles. The Hall–Kier alpha value is -1.81. The van der Waals surface area contributed by atoms with Crippen molar-refractivity contribution in [3.8, 4) is 0 Å².